The van der Waals surface area contributed by atoms with Crippen molar-refractivity contribution in [2.24, 2.45) is 5.92 Å². The van der Waals surface area contributed by atoms with E-state index in [1.807, 2.05) is 7.05 Å². The topological polar surface area (TPSA) is 60.2 Å². The highest BCUT2D eigenvalue weighted by Crippen LogP contribution is 2.26. The molecule has 0 radical (unpaired) electrons. The van der Waals surface area contributed by atoms with Crippen LogP contribution in [0.15, 0.2) is 4.52 Å². The highest BCUT2D eigenvalue weighted by molar-refractivity contribution is 4.94. The lowest BCUT2D eigenvalue weighted by Crippen LogP contribution is -2.29. The molecule has 1 aliphatic heterocycles. The maximum absolute atomic E-state index is 5.55. The van der Waals surface area contributed by atoms with Crippen LogP contribution in [0.5, 0.6) is 0 Å². The summed E-state index contributed by atoms with van der Waals surface area (Å²) in [5, 5.41) is 7.33. The zero-order valence-electron chi connectivity index (χ0n) is 11.5. The SMILES string of the molecule is CNC(Cc1nc(C2CCCO2)no1)CC(C)C. The Labute approximate surface area is 108 Å². The molecule has 5 heteroatoms. The van der Waals surface area contributed by atoms with Gasteiger partial charge in [0.1, 0.15) is 6.10 Å². The van der Waals surface area contributed by atoms with Crippen LogP contribution >= 0.6 is 0 Å². The summed E-state index contributed by atoms with van der Waals surface area (Å²) in [5.74, 6) is 2.07. The van der Waals surface area contributed by atoms with Crippen LogP contribution < -0.4 is 5.32 Å². The Kier molecular flexibility index (Phi) is 4.72. The molecule has 2 atom stereocenters. The van der Waals surface area contributed by atoms with E-state index in [1.54, 1.807) is 0 Å². The van der Waals surface area contributed by atoms with Crippen molar-refractivity contribution in [2.45, 2.75) is 51.7 Å². The second-order valence-electron chi connectivity index (χ2n) is 5.37. The lowest BCUT2D eigenvalue weighted by molar-refractivity contribution is 0.103. The highest BCUT2D eigenvalue weighted by Gasteiger charge is 2.23. The predicted octanol–water partition coefficient (Wildman–Crippen LogP) is 2.10. The molecule has 0 spiro atoms. The van der Waals surface area contributed by atoms with E-state index in [4.69, 9.17) is 9.26 Å². The molecule has 1 aromatic rings. The van der Waals surface area contributed by atoms with Crippen LogP contribution in [0.2, 0.25) is 0 Å². The molecule has 0 saturated carbocycles. The molecule has 2 rings (SSSR count). The fraction of sp³-hybridized carbons (Fsp3) is 0.846. The van der Waals surface area contributed by atoms with E-state index in [0.29, 0.717) is 23.7 Å². The van der Waals surface area contributed by atoms with Crippen LogP contribution in [-0.4, -0.2) is 29.8 Å². The summed E-state index contributed by atoms with van der Waals surface area (Å²) in [4.78, 5) is 4.44. The van der Waals surface area contributed by atoms with Gasteiger partial charge in [0.25, 0.3) is 0 Å². The van der Waals surface area contributed by atoms with Gasteiger partial charge < -0.3 is 14.6 Å². The average molecular weight is 253 g/mol. The van der Waals surface area contributed by atoms with E-state index < -0.39 is 0 Å². The predicted molar refractivity (Wildman–Crippen MR) is 68.2 cm³/mol. The van der Waals surface area contributed by atoms with Crippen LogP contribution in [0.25, 0.3) is 0 Å². The largest absolute Gasteiger partial charge is 0.370 e. The molecule has 1 saturated heterocycles. The Morgan fingerprint density at radius 3 is 2.89 bits per heavy atom. The second-order valence-corrected chi connectivity index (χ2v) is 5.37. The molecule has 0 aliphatic carbocycles. The van der Waals surface area contributed by atoms with Crippen LogP contribution in [0.1, 0.15) is 50.9 Å². The lowest BCUT2D eigenvalue weighted by atomic mass is 10.0. The third-order valence-electron chi connectivity index (χ3n) is 3.29. The van der Waals surface area contributed by atoms with Crippen LogP contribution in [0.4, 0.5) is 0 Å². The van der Waals surface area contributed by atoms with Crippen LogP contribution in [-0.2, 0) is 11.2 Å². The van der Waals surface area contributed by atoms with Gasteiger partial charge in [-0.05, 0) is 32.2 Å². The first-order valence-corrected chi connectivity index (χ1v) is 6.80. The minimum atomic E-state index is 0.0423. The lowest BCUT2D eigenvalue weighted by Gasteiger charge is -2.15. The van der Waals surface area contributed by atoms with Gasteiger partial charge in [0, 0.05) is 19.1 Å². The molecule has 102 valence electrons. The molecule has 2 unspecified atom stereocenters. The Morgan fingerprint density at radius 2 is 2.28 bits per heavy atom. The van der Waals surface area contributed by atoms with Crippen molar-refractivity contribution < 1.29 is 9.26 Å². The first-order chi connectivity index (χ1) is 8.69. The zero-order chi connectivity index (χ0) is 13.0. The summed E-state index contributed by atoms with van der Waals surface area (Å²) in [6.07, 6.45) is 4.02. The first kappa shape index (κ1) is 13.5. The molecule has 1 aliphatic rings. The van der Waals surface area contributed by atoms with E-state index in [9.17, 15) is 0 Å². The molecular weight excluding hydrogens is 230 g/mol. The quantitative estimate of drug-likeness (QED) is 0.841. The average Bonchev–Trinajstić information content (AvgIpc) is 2.97. The monoisotopic (exact) mass is 253 g/mol. The number of hydrogen-bond donors (Lipinski definition) is 1. The Balaban J connectivity index is 1.92. The van der Waals surface area contributed by atoms with Gasteiger partial charge in [-0.3, -0.25) is 0 Å². The zero-order valence-corrected chi connectivity index (χ0v) is 11.5. The van der Waals surface area contributed by atoms with Crippen molar-refractivity contribution in [3.63, 3.8) is 0 Å². The number of rotatable bonds is 6. The Bertz CT molecular complexity index is 359. The molecule has 18 heavy (non-hydrogen) atoms. The van der Waals surface area contributed by atoms with Gasteiger partial charge in [-0.1, -0.05) is 19.0 Å². The Hall–Kier alpha value is -0.940. The molecule has 2 heterocycles. The van der Waals surface area contributed by atoms with E-state index in [-0.39, 0.29) is 6.10 Å². The number of hydrogen-bond acceptors (Lipinski definition) is 5. The standard InChI is InChI=1S/C13H23N3O2/c1-9(2)7-10(14-3)8-12-15-13(16-18-12)11-5-4-6-17-11/h9-11,14H,4-8H2,1-3H3. The van der Waals surface area contributed by atoms with Crippen molar-refractivity contribution in [2.75, 3.05) is 13.7 Å². The van der Waals surface area contributed by atoms with Crippen molar-refractivity contribution in [1.29, 1.82) is 0 Å². The fourth-order valence-electron chi connectivity index (χ4n) is 2.35. The summed E-state index contributed by atoms with van der Waals surface area (Å²) < 4.78 is 10.9. The van der Waals surface area contributed by atoms with Crippen LogP contribution in [0.3, 0.4) is 0 Å². The van der Waals surface area contributed by atoms with Gasteiger partial charge in [0.05, 0.1) is 0 Å². The molecule has 1 N–H and O–H groups in total. The maximum atomic E-state index is 5.55. The maximum Gasteiger partial charge on any atom is 0.228 e. The fourth-order valence-corrected chi connectivity index (χ4v) is 2.35. The van der Waals surface area contributed by atoms with E-state index in [0.717, 1.165) is 32.3 Å². The summed E-state index contributed by atoms with van der Waals surface area (Å²) in [6.45, 7) is 5.24. The van der Waals surface area contributed by atoms with Gasteiger partial charge in [-0.25, -0.2) is 0 Å². The number of nitrogens with one attached hydrogen (secondary N) is 1. The number of ether oxygens (including phenoxy) is 1. The molecule has 0 bridgehead atoms. The van der Waals surface area contributed by atoms with Gasteiger partial charge in [0.2, 0.25) is 11.7 Å². The van der Waals surface area contributed by atoms with Crippen molar-refractivity contribution in [3.05, 3.63) is 11.7 Å². The minimum Gasteiger partial charge on any atom is -0.370 e. The van der Waals surface area contributed by atoms with Crippen molar-refractivity contribution >= 4 is 0 Å². The number of aromatic nitrogens is 2. The third-order valence-corrected chi connectivity index (χ3v) is 3.29. The summed E-state index contributed by atoms with van der Waals surface area (Å²) in [7, 11) is 1.98. The molecule has 1 aromatic heterocycles. The summed E-state index contributed by atoms with van der Waals surface area (Å²) >= 11 is 0. The normalized spacial score (nSPS) is 21.7. The van der Waals surface area contributed by atoms with E-state index >= 15 is 0 Å². The minimum absolute atomic E-state index is 0.0423. The number of likely N-dealkylation sites (N-methyl/N-ethyl adjacent to an activating group) is 1. The molecule has 0 amide bonds. The van der Waals surface area contributed by atoms with Gasteiger partial charge in [-0.2, -0.15) is 4.98 Å². The smallest absolute Gasteiger partial charge is 0.228 e. The second kappa shape index (κ2) is 6.29. The Morgan fingerprint density at radius 1 is 1.44 bits per heavy atom. The molecule has 0 aromatic carbocycles. The van der Waals surface area contributed by atoms with E-state index in [2.05, 4.69) is 29.3 Å². The summed E-state index contributed by atoms with van der Waals surface area (Å²) in [5.41, 5.74) is 0. The van der Waals surface area contributed by atoms with Crippen molar-refractivity contribution in [1.82, 2.24) is 15.5 Å². The third kappa shape index (κ3) is 3.53. The molecular formula is C13H23N3O2. The first-order valence-electron chi connectivity index (χ1n) is 6.80. The van der Waals surface area contributed by atoms with Gasteiger partial charge >= 0.3 is 0 Å². The molecule has 5 nitrogen and oxygen atoms in total. The van der Waals surface area contributed by atoms with Gasteiger partial charge in [0.15, 0.2) is 0 Å². The van der Waals surface area contributed by atoms with Gasteiger partial charge in [-0.15, -0.1) is 0 Å². The molecule has 1 fully saturated rings. The van der Waals surface area contributed by atoms with Crippen molar-refractivity contribution in [3.8, 4) is 0 Å². The van der Waals surface area contributed by atoms with Crippen LogP contribution in [0, 0.1) is 5.92 Å². The highest BCUT2D eigenvalue weighted by atomic mass is 16.5. The van der Waals surface area contributed by atoms with E-state index in [1.165, 1.54) is 0 Å². The summed E-state index contributed by atoms with van der Waals surface area (Å²) in [6, 6.07) is 0.391. The number of nitrogens with zero attached hydrogens (tertiary/aromatic N) is 2.